The van der Waals surface area contributed by atoms with Crippen molar-refractivity contribution in [3.63, 3.8) is 0 Å². The summed E-state index contributed by atoms with van der Waals surface area (Å²) in [5, 5.41) is 9.11. The normalized spacial score (nSPS) is 26.5. The van der Waals surface area contributed by atoms with Crippen LogP contribution in [-0.4, -0.2) is 30.2 Å². The van der Waals surface area contributed by atoms with Gasteiger partial charge in [-0.15, -0.1) is 0 Å². The SMILES string of the molecule is N#CC1CCN(Cc2ccccc2)C2(COC2)C1. The molecule has 3 nitrogen and oxygen atoms in total. The second-order valence-corrected chi connectivity index (χ2v) is 5.44. The first-order chi connectivity index (χ1) is 8.82. The van der Waals surface area contributed by atoms with E-state index in [0.717, 1.165) is 39.1 Å². The van der Waals surface area contributed by atoms with Crippen LogP contribution >= 0.6 is 0 Å². The van der Waals surface area contributed by atoms with Gasteiger partial charge in [-0.1, -0.05) is 30.3 Å². The smallest absolute Gasteiger partial charge is 0.0694 e. The fraction of sp³-hybridized carbons (Fsp3) is 0.533. The lowest BCUT2D eigenvalue weighted by Crippen LogP contribution is -2.65. The van der Waals surface area contributed by atoms with Crippen LogP contribution in [0.4, 0.5) is 0 Å². The summed E-state index contributed by atoms with van der Waals surface area (Å²) in [6.45, 7) is 3.56. The lowest BCUT2D eigenvalue weighted by molar-refractivity contribution is -0.165. The molecular weight excluding hydrogens is 224 g/mol. The predicted octanol–water partition coefficient (Wildman–Crippen LogP) is 2.19. The lowest BCUT2D eigenvalue weighted by Gasteiger charge is -2.53. The van der Waals surface area contributed by atoms with Gasteiger partial charge >= 0.3 is 0 Å². The molecule has 0 aliphatic carbocycles. The van der Waals surface area contributed by atoms with E-state index in [2.05, 4.69) is 35.2 Å². The molecule has 0 aromatic heterocycles. The number of hydrogen-bond acceptors (Lipinski definition) is 3. The Morgan fingerprint density at radius 1 is 1.33 bits per heavy atom. The minimum atomic E-state index is 0.133. The summed E-state index contributed by atoms with van der Waals surface area (Å²) in [5.41, 5.74) is 1.48. The quantitative estimate of drug-likeness (QED) is 0.797. The molecule has 1 aromatic rings. The second-order valence-electron chi connectivity index (χ2n) is 5.44. The summed E-state index contributed by atoms with van der Waals surface area (Å²) >= 11 is 0. The third kappa shape index (κ3) is 2.03. The fourth-order valence-electron chi connectivity index (χ4n) is 3.04. The van der Waals surface area contributed by atoms with E-state index < -0.39 is 0 Å². The van der Waals surface area contributed by atoms with Gasteiger partial charge in [-0.05, 0) is 18.4 Å². The van der Waals surface area contributed by atoms with Crippen LogP contribution in [0.3, 0.4) is 0 Å². The Morgan fingerprint density at radius 3 is 2.72 bits per heavy atom. The van der Waals surface area contributed by atoms with Crippen molar-refractivity contribution in [1.82, 2.24) is 4.90 Å². The number of benzene rings is 1. The highest BCUT2D eigenvalue weighted by Gasteiger charge is 2.48. The summed E-state index contributed by atoms with van der Waals surface area (Å²) in [7, 11) is 0. The zero-order valence-corrected chi connectivity index (χ0v) is 10.5. The van der Waals surface area contributed by atoms with Crippen molar-refractivity contribution in [1.29, 1.82) is 5.26 Å². The first-order valence-electron chi connectivity index (χ1n) is 6.59. The molecule has 2 fully saturated rings. The van der Waals surface area contributed by atoms with Crippen LogP contribution in [0.1, 0.15) is 18.4 Å². The first-order valence-corrected chi connectivity index (χ1v) is 6.59. The molecule has 1 spiro atoms. The Kier molecular flexibility index (Phi) is 3.07. The third-order valence-corrected chi connectivity index (χ3v) is 4.18. The van der Waals surface area contributed by atoms with Gasteiger partial charge in [0.25, 0.3) is 0 Å². The molecule has 3 heteroatoms. The molecule has 2 aliphatic heterocycles. The fourth-order valence-corrected chi connectivity index (χ4v) is 3.04. The molecule has 18 heavy (non-hydrogen) atoms. The minimum absolute atomic E-state index is 0.133. The van der Waals surface area contributed by atoms with Crippen molar-refractivity contribution in [2.45, 2.75) is 24.9 Å². The Bertz CT molecular complexity index is 447. The molecule has 0 N–H and O–H groups in total. The van der Waals surface area contributed by atoms with Gasteiger partial charge in [-0.25, -0.2) is 0 Å². The summed E-state index contributed by atoms with van der Waals surface area (Å²) in [4.78, 5) is 2.51. The van der Waals surface area contributed by atoms with Crippen LogP contribution in [0.15, 0.2) is 30.3 Å². The van der Waals surface area contributed by atoms with Gasteiger partial charge in [0.1, 0.15) is 0 Å². The number of hydrogen-bond donors (Lipinski definition) is 0. The highest BCUT2D eigenvalue weighted by Crippen LogP contribution is 2.38. The van der Waals surface area contributed by atoms with Crippen LogP contribution in [0.2, 0.25) is 0 Å². The molecule has 1 unspecified atom stereocenters. The Morgan fingerprint density at radius 2 is 2.11 bits per heavy atom. The lowest BCUT2D eigenvalue weighted by atomic mass is 9.79. The Labute approximate surface area is 108 Å². The van der Waals surface area contributed by atoms with Crippen LogP contribution in [-0.2, 0) is 11.3 Å². The van der Waals surface area contributed by atoms with Gasteiger partial charge in [0.15, 0.2) is 0 Å². The summed E-state index contributed by atoms with van der Waals surface area (Å²) in [6.07, 6.45) is 1.96. The maximum atomic E-state index is 9.11. The maximum absolute atomic E-state index is 9.11. The highest BCUT2D eigenvalue weighted by molar-refractivity contribution is 5.16. The molecule has 2 heterocycles. The van der Waals surface area contributed by atoms with E-state index >= 15 is 0 Å². The zero-order chi connectivity index (χ0) is 12.4. The minimum Gasteiger partial charge on any atom is -0.377 e. The van der Waals surface area contributed by atoms with E-state index in [1.165, 1.54) is 5.56 Å². The average molecular weight is 242 g/mol. The van der Waals surface area contributed by atoms with E-state index in [1.807, 2.05) is 6.07 Å². The molecule has 0 amide bonds. The summed E-state index contributed by atoms with van der Waals surface area (Å²) < 4.78 is 5.43. The van der Waals surface area contributed by atoms with E-state index in [4.69, 9.17) is 10.00 Å². The highest BCUT2D eigenvalue weighted by atomic mass is 16.5. The molecule has 0 bridgehead atoms. The van der Waals surface area contributed by atoms with Crippen molar-refractivity contribution >= 4 is 0 Å². The van der Waals surface area contributed by atoms with Gasteiger partial charge in [-0.2, -0.15) is 5.26 Å². The first kappa shape index (κ1) is 11.7. The number of piperidine rings is 1. The van der Waals surface area contributed by atoms with Gasteiger partial charge < -0.3 is 4.74 Å². The Hall–Kier alpha value is -1.37. The van der Waals surface area contributed by atoms with Crippen molar-refractivity contribution < 1.29 is 4.74 Å². The van der Waals surface area contributed by atoms with Crippen LogP contribution < -0.4 is 0 Å². The second kappa shape index (κ2) is 4.72. The topological polar surface area (TPSA) is 36.3 Å². The van der Waals surface area contributed by atoms with E-state index in [1.54, 1.807) is 0 Å². The molecule has 1 atom stereocenters. The number of rotatable bonds is 2. The number of likely N-dealkylation sites (tertiary alicyclic amines) is 1. The molecule has 94 valence electrons. The van der Waals surface area contributed by atoms with Gasteiger partial charge in [0.05, 0.1) is 24.8 Å². The van der Waals surface area contributed by atoms with E-state index in [9.17, 15) is 0 Å². The van der Waals surface area contributed by atoms with Crippen molar-refractivity contribution in [3.05, 3.63) is 35.9 Å². The van der Waals surface area contributed by atoms with Crippen LogP contribution in [0.25, 0.3) is 0 Å². The van der Waals surface area contributed by atoms with Crippen molar-refractivity contribution in [3.8, 4) is 6.07 Å². The van der Waals surface area contributed by atoms with Crippen molar-refractivity contribution in [2.75, 3.05) is 19.8 Å². The summed E-state index contributed by atoms with van der Waals surface area (Å²) in [5.74, 6) is 0.209. The average Bonchev–Trinajstić information content (AvgIpc) is 2.38. The van der Waals surface area contributed by atoms with Crippen molar-refractivity contribution in [2.24, 2.45) is 5.92 Å². The van der Waals surface area contributed by atoms with Gasteiger partial charge in [0.2, 0.25) is 0 Å². The largest absolute Gasteiger partial charge is 0.377 e. The number of ether oxygens (including phenoxy) is 1. The van der Waals surface area contributed by atoms with Gasteiger partial charge in [-0.3, -0.25) is 4.90 Å². The monoisotopic (exact) mass is 242 g/mol. The third-order valence-electron chi connectivity index (χ3n) is 4.18. The molecular formula is C15H18N2O. The zero-order valence-electron chi connectivity index (χ0n) is 10.5. The summed E-state index contributed by atoms with van der Waals surface area (Å²) in [6, 6.07) is 13.0. The maximum Gasteiger partial charge on any atom is 0.0694 e. The molecule has 3 rings (SSSR count). The molecule has 1 aromatic carbocycles. The molecule has 2 aliphatic rings. The van der Waals surface area contributed by atoms with E-state index in [0.29, 0.717) is 0 Å². The molecule has 0 saturated carbocycles. The number of nitriles is 1. The predicted molar refractivity (Wildman–Crippen MR) is 68.7 cm³/mol. The molecule has 0 radical (unpaired) electrons. The van der Waals surface area contributed by atoms with Gasteiger partial charge in [0, 0.05) is 19.0 Å². The van der Waals surface area contributed by atoms with E-state index in [-0.39, 0.29) is 11.5 Å². The van der Waals surface area contributed by atoms with Crippen LogP contribution in [0, 0.1) is 17.2 Å². The molecule has 2 saturated heterocycles. The van der Waals surface area contributed by atoms with Crippen LogP contribution in [0.5, 0.6) is 0 Å². The number of nitrogens with zero attached hydrogens (tertiary/aromatic N) is 2. The standard InChI is InChI=1S/C15H18N2O/c16-9-14-6-7-17(15(8-14)11-18-12-15)10-13-4-2-1-3-5-13/h1-5,14H,6-8,10-12H2. The Balaban J connectivity index is 1.74.